The molecule has 1 aromatic carbocycles. The Morgan fingerprint density at radius 3 is 2.75 bits per heavy atom. The van der Waals surface area contributed by atoms with Crippen molar-refractivity contribution >= 4 is 12.2 Å². The van der Waals surface area contributed by atoms with Gasteiger partial charge in [-0.15, -0.1) is 0 Å². The van der Waals surface area contributed by atoms with E-state index in [1.54, 1.807) is 18.2 Å². The second-order valence-corrected chi connectivity index (χ2v) is 2.90. The number of hydrogen-bond acceptors (Lipinski definition) is 3. The van der Waals surface area contributed by atoms with E-state index in [9.17, 15) is 4.79 Å². The molecule has 0 aliphatic rings. The largest absolute Gasteiger partial charge is 0.490 e. The molecule has 84 valence electrons. The smallest absolute Gasteiger partial charge is 0.332 e. The van der Waals surface area contributed by atoms with E-state index in [0.29, 0.717) is 6.61 Å². The summed E-state index contributed by atoms with van der Waals surface area (Å²) in [5.74, 6) is 0.750. The molecule has 1 aromatic rings. The number of hydrogen-bond donors (Lipinski definition) is 2. The van der Waals surface area contributed by atoms with E-state index in [1.807, 2.05) is 12.1 Å². The van der Waals surface area contributed by atoms with Crippen LogP contribution in [0.1, 0.15) is 5.56 Å². The fourth-order valence-corrected chi connectivity index (χ4v) is 0.976. The summed E-state index contributed by atoms with van der Waals surface area (Å²) in [5, 5.41) is 3.63. The van der Waals surface area contributed by atoms with Crippen LogP contribution in [-0.4, -0.2) is 18.9 Å². The van der Waals surface area contributed by atoms with Gasteiger partial charge in [0.15, 0.2) is 0 Å². The van der Waals surface area contributed by atoms with Crippen LogP contribution in [0.25, 0.3) is 0 Å². The van der Waals surface area contributed by atoms with Crippen LogP contribution in [0.15, 0.2) is 42.0 Å². The summed E-state index contributed by atoms with van der Waals surface area (Å²) in [4.78, 5) is 10.3. The monoisotopic (exact) mass is 219 g/mol. The van der Waals surface area contributed by atoms with Crippen LogP contribution in [0.5, 0.6) is 5.75 Å². The summed E-state index contributed by atoms with van der Waals surface area (Å²) in [6.45, 7) is 4.02. The molecule has 1 rings (SSSR count). The molecule has 0 heterocycles. The highest BCUT2D eigenvalue weighted by molar-refractivity contribution is 5.81. The van der Waals surface area contributed by atoms with E-state index in [1.165, 1.54) is 6.21 Å². The van der Waals surface area contributed by atoms with Gasteiger partial charge in [0.2, 0.25) is 0 Å². The van der Waals surface area contributed by atoms with Crippen molar-refractivity contribution in [3.05, 3.63) is 42.5 Å². The quantitative estimate of drug-likeness (QED) is 0.444. The van der Waals surface area contributed by atoms with Gasteiger partial charge in [0.25, 0.3) is 0 Å². The Morgan fingerprint density at radius 1 is 1.50 bits per heavy atom. The zero-order chi connectivity index (χ0) is 11.8. The number of amides is 2. The molecule has 5 heteroatoms. The molecule has 2 amide bonds. The number of nitrogens with zero attached hydrogens (tertiary/aromatic N) is 1. The molecule has 0 atom stereocenters. The Morgan fingerprint density at radius 2 is 2.19 bits per heavy atom. The lowest BCUT2D eigenvalue weighted by Crippen LogP contribution is -2.24. The van der Waals surface area contributed by atoms with E-state index >= 15 is 0 Å². The lowest BCUT2D eigenvalue weighted by molar-refractivity contribution is 0.249. The first-order valence-electron chi connectivity index (χ1n) is 4.64. The van der Waals surface area contributed by atoms with Crippen molar-refractivity contribution < 1.29 is 9.53 Å². The molecular weight excluding hydrogens is 206 g/mol. The van der Waals surface area contributed by atoms with E-state index in [2.05, 4.69) is 17.1 Å². The third-order valence-electron chi connectivity index (χ3n) is 1.64. The highest BCUT2D eigenvalue weighted by atomic mass is 16.5. The van der Waals surface area contributed by atoms with E-state index < -0.39 is 6.03 Å². The van der Waals surface area contributed by atoms with Gasteiger partial charge in [-0.2, -0.15) is 5.10 Å². The number of carbonyl (C=O) groups excluding carboxylic acids is 1. The van der Waals surface area contributed by atoms with Crippen molar-refractivity contribution in [1.29, 1.82) is 0 Å². The fourth-order valence-electron chi connectivity index (χ4n) is 0.976. The van der Waals surface area contributed by atoms with Crippen molar-refractivity contribution in [3.8, 4) is 5.75 Å². The number of urea groups is 1. The molecule has 0 aromatic heterocycles. The number of hydrazone groups is 1. The Bertz CT molecular complexity index is 385. The van der Waals surface area contributed by atoms with E-state index in [4.69, 9.17) is 10.5 Å². The normalized spacial score (nSPS) is 10.0. The number of ether oxygens (including phenoxy) is 1. The summed E-state index contributed by atoms with van der Waals surface area (Å²) in [6, 6.07) is 6.53. The SMILES string of the molecule is C=CCOc1ccc(/C=N/NC(N)=O)cc1. The minimum absolute atomic E-state index is 0.469. The van der Waals surface area contributed by atoms with Crippen LogP contribution in [0.2, 0.25) is 0 Å². The zero-order valence-corrected chi connectivity index (χ0v) is 8.72. The van der Waals surface area contributed by atoms with Gasteiger partial charge in [0, 0.05) is 0 Å². The van der Waals surface area contributed by atoms with Gasteiger partial charge in [-0.3, -0.25) is 0 Å². The van der Waals surface area contributed by atoms with Crippen LogP contribution in [0.3, 0.4) is 0 Å². The number of nitrogens with two attached hydrogens (primary N) is 1. The summed E-state index contributed by atoms with van der Waals surface area (Å²) in [5.41, 5.74) is 7.78. The first-order chi connectivity index (χ1) is 7.72. The van der Waals surface area contributed by atoms with Gasteiger partial charge >= 0.3 is 6.03 Å². The van der Waals surface area contributed by atoms with Crippen LogP contribution in [0, 0.1) is 0 Å². The predicted octanol–water partition coefficient (Wildman–Crippen LogP) is 1.25. The first kappa shape index (κ1) is 11.8. The van der Waals surface area contributed by atoms with Crippen LogP contribution < -0.4 is 15.9 Å². The topological polar surface area (TPSA) is 76.7 Å². The van der Waals surface area contributed by atoms with Crippen molar-refractivity contribution in [2.45, 2.75) is 0 Å². The van der Waals surface area contributed by atoms with Gasteiger partial charge < -0.3 is 10.5 Å². The summed E-state index contributed by atoms with van der Waals surface area (Å²) in [7, 11) is 0. The third kappa shape index (κ3) is 4.28. The molecule has 0 fully saturated rings. The molecular formula is C11H13N3O2. The lowest BCUT2D eigenvalue weighted by Gasteiger charge is -2.02. The molecule has 0 saturated heterocycles. The van der Waals surface area contributed by atoms with E-state index in [-0.39, 0.29) is 0 Å². The Balaban J connectivity index is 2.53. The minimum Gasteiger partial charge on any atom is -0.490 e. The molecule has 0 aliphatic heterocycles. The number of rotatable bonds is 5. The van der Waals surface area contributed by atoms with Crippen LogP contribution >= 0.6 is 0 Å². The number of nitrogens with one attached hydrogen (secondary N) is 1. The minimum atomic E-state index is -0.692. The molecule has 0 unspecified atom stereocenters. The van der Waals surface area contributed by atoms with Crippen molar-refractivity contribution in [2.24, 2.45) is 10.8 Å². The highest BCUT2D eigenvalue weighted by Gasteiger charge is 1.92. The van der Waals surface area contributed by atoms with Gasteiger partial charge in [-0.1, -0.05) is 12.7 Å². The summed E-state index contributed by atoms with van der Waals surface area (Å²) >= 11 is 0. The molecule has 0 bridgehead atoms. The predicted molar refractivity (Wildman–Crippen MR) is 62.4 cm³/mol. The molecule has 16 heavy (non-hydrogen) atoms. The van der Waals surface area contributed by atoms with E-state index in [0.717, 1.165) is 11.3 Å². The maximum absolute atomic E-state index is 10.3. The summed E-state index contributed by atoms with van der Waals surface area (Å²) in [6.07, 6.45) is 3.16. The number of carbonyl (C=O) groups is 1. The average Bonchev–Trinajstić information content (AvgIpc) is 2.27. The molecule has 0 radical (unpaired) electrons. The molecule has 0 aliphatic carbocycles. The second kappa shape index (κ2) is 6.23. The van der Waals surface area contributed by atoms with Crippen LogP contribution in [0.4, 0.5) is 4.79 Å². The highest BCUT2D eigenvalue weighted by Crippen LogP contribution is 2.10. The number of benzene rings is 1. The zero-order valence-electron chi connectivity index (χ0n) is 8.72. The summed E-state index contributed by atoms with van der Waals surface area (Å²) < 4.78 is 5.30. The second-order valence-electron chi connectivity index (χ2n) is 2.90. The maximum atomic E-state index is 10.3. The van der Waals surface area contributed by atoms with Crippen molar-refractivity contribution in [1.82, 2.24) is 5.43 Å². The van der Waals surface area contributed by atoms with Gasteiger partial charge in [-0.05, 0) is 29.8 Å². The average molecular weight is 219 g/mol. The maximum Gasteiger partial charge on any atom is 0.332 e. The third-order valence-corrected chi connectivity index (χ3v) is 1.64. The standard InChI is InChI=1S/C11H13N3O2/c1-2-7-16-10-5-3-9(4-6-10)8-13-14-11(12)15/h2-6,8H,1,7H2,(H3,12,14,15)/b13-8+. The Kier molecular flexibility index (Phi) is 4.59. The molecule has 0 spiro atoms. The van der Waals surface area contributed by atoms with Crippen molar-refractivity contribution in [3.63, 3.8) is 0 Å². The van der Waals surface area contributed by atoms with Gasteiger partial charge in [0.05, 0.1) is 6.21 Å². The van der Waals surface area contributed by atoms with Crippen LogP contribution in [-0.2, 0) is 0 Å². The Labute approximate surface area is 93.6 Å². The Hall–Kier alpha value is -2.30. The molecule has 0 saturated carbocycles. The molecule has 3 N–H and O–H groups in total. The van der Waals surface area contributed by atoms with Gasteiger partial charge in [0.1, 0.15) is 12.4 Å². The van der Waals surface area contributed by atoms with Gasteiger partial charge in [-0.25, -0.2) is 10.2 Å². The first-order valence-corrected chi connectivity index (χ1v) is 4.64. The molecule has 5 nitrogen and oxygen atoms in total. The lowest BCUT2D eigenvalue weighted by atomic mass is 10.2. The van der Waals surface area contributed by atoms with Crippen molar-refractivity contribution in [2.75, 3.05) is 6.61 Å². The fraction of sp³-hybridized carbons (Fsp3) is 0.0909. The number of primary amides is 1.